The van der Waals surface area contributed by atoms with Gasteiger partial charge in [-0.05, 0) is 31.0 Å². The molecule has 0 bridgehead atoms. The molecule has 0 aliphatic carbocycles. The molecule has 0 fully saturated rings. The number of hydrogen-bond acceptors (Lipinski definition) is 2. The summed E-state index contributed by atoms with van der Waals surface area (Å²) >= 11 is 0. The molecule has 0 unspecified atom stereocenters. The Hall–Kier alpha value is -1.43. The maximum absolute atomic E-state index is 4.81. The molecule has 1 N–H and O–H groups in total. The van der Waals surface area contributed by atoms with Crippen molar-refractivity contribution in [2.24, 2.45) is 0 Å². The molecule has 26 heavy (non-hydrogen) atoms. The molecule has 126 valence electrons. The minimum absolute atomic E-state index is 0. The van der Waals surface area contributed by atoms with Gasteiger partial charge >= 0.3 is 51.4 Å². The van der Waals surface area contributed by atoms with Crippen LogP contribution in [0.5, 0.6) is 0 Å². The maximum atomic E-state index is 4.81. The van der Waals surface area contributed by atoms with Crippen LogP contribution in [-0.4, -0.2) is 4.98 Å². The number of nitrogens with zero attached hydrogens (tertiary/aromatic N) is 2. The van der Waals surface area contributed by atoms with Gasteiger partial charge in [-0.2, -0.15) is 0 Å². The van der Waals surface area contributed by atoms with Gasteiger partial charge in [-0.1, -0.05) is 67.6 Å². The molecule has 0 aliphatic heterocycles. The Kier molecular flexibility index (Phi) is 8.55. The van der Waals surface area contributed by atoms with E-state index in [1.165, 1.54) is 0 Å². The summed E-state index contributed by atoms with van der Waals surface area (Å²) in [6, 6.07) is 22.2. The molecule has 0 saturated heterocycles. The van der Waals surface area contributed by atoms with Crippen molar-refractivity contribution in [1.82, 2.24) is 4.98 Å². The average Bonchev–Trinajstić information content (AvgIpc) is 2.63. The minimum atomic E-state index is 0. The third-order valence-corrected chi connectivity index (χ3v) is 3.78. The van der Waals surface area contributed by atoms with Crippen molar-refractivity contribution < 1.29 is 51.4 Å². The molecular formula is C22H22KN3. The molecule has 3 nitrogen and oxygen atoms in total. The van der Waals surface area contributed by atoms with E-state index < -0.39 is 0 Å². The standard InChI is InChI=1S/C22H22N3.K/c1-3-9-17(2)24-19-12-7-13-20(16-19)25-21-14-8-15-23-22(21)18-10-5-4-6-11-18;/h4-16,24H,3H2,1-2H3;/q-1;+1/b17-9-;. The smallest absolute Gasteiger partial charge is 0.656 e. The molecule has 1 aromatic heterocycles. The quantitative estimate of drug-likeness (QED) is 0.673. The topological polar surface area (TPSA) is 39.0 Å². The molecule has 4 heteroatoms. The largest absolute Gasteiger partial charge is 1.00 e. The second-order valence-electron chi connectivity index (χ2n) is 5.82. The van der Waals surface area contributed by atoms with Crippen LogP contribution in [0, 0.1) is 0 Å². The van der Waals surface area contributed by atoms with E-state index in [2.05, 4.69) is 48.4 Å². The summed E-state index contributed by atoms with van der Waals surface area (Å²) in [7, 11) is 0. The number of pyridine rings is 1. The zero-order valence-electron chi connectivity index (χ0n) is 15.6. The Bertz CT molecular complexity index is 860. The van der Waals surface area contributed by atoms with Gasteiger partial charge in [0.2, 0.25) is 0 Å². The average molecular weight is 368 g/mol. The normalized spacial score (nSPS) is 10.8. The minimum Gasteiger partial charge on any atom is -0.656 e. The van der Waals surface area contributed by atoms with Crippen LogP contribution < -0.4 is 56.7 Å². The number of benzene rings is 2. The van der Waals surface area contributed by atoms with Crippen LogP contribution in [0.2, 0.25) is 0 Å². The second kappa shape index (κ2) is 10.7. The van der Waals surface area contributed by atoms with Crippen molar-refractivity contribution in [1.29, 1.82) is 0 Å². The SMILES string of the molecule is CC/C=C(/C)Nc1cccc([N-]c2cccnc2-c2ccccc2)c1.[K+]. The monoisotopic (exact) mass is 367 g/mol. The Morgan fingerprint density at radius 1 is 1.04 bits per heavy atom. The molecule has 3 rings (SSSR count). The van der Waals surface area contributed by atoms with Gasteiger partial charge in [-0.25, -0.2) is 0 Å². The first-order valence-corrected chi connectivity index (χ1v) is 8.52. The van der Waals surface area contributed by atoms with Crippen molar-refractivity contribution in [3.63, 3.8) is 0 Å². The predicted octanol–water partition coefficient (Wildman–Crippen LogP) is 3.82. The summed E-state index contributed by atoms with van der Waals surface area (Å²) in [6.07, 6.45) is 4.98. The number of aromatic nitrogens is 1. The Labute approximate surface area is 198 Å². The van der Waals surface area contributed by atoms with Crippen LogP contribution in [0.3, 0.4) is 0 Å². The first kappa shape index (κ1) is 20.9. The molecule has 2 aromatic carbocycles. The summed E-state index contributed by atoms with van der Waals surface area (Å²) < 4.78 is 0. The molecule has 1 heterocycles. The fourth-order valence-corrected chi connectivity index (χ4v) is 2.68. The van der Waals surface area contributed by atoms with Crippen LogP contribution in [0.4, 0.5) is 17.1 Å². The third kappa shape index (κ3) is 5.79. The van der Waals surface area contributed by atoms with Crippen molar-refractivity contribution in [3.05, 3.63) is 90.0 Å². The van der Waals surface area contributed by atoms with Crippen molar-refractivity contribution in [3.8, 4) is 11.3 Å². The van der Waals surface area contributed by atoms with Gasteiger partial charge in [0.05, 0.1) is 5.69 Å². The Morgan fingerprint density at radius 3 is 2.62 bits per heavy atom. The van der Waals surface area contributed by atoms with Crippen molar-refractivity contribution >= 4 is 17.1 Å². The first-order valence-electron chi connectivity index (χ1n) is 8.52. The number of rotatable bonds is 6. The molecule has 3 aromatic rings. The second-order valence-corrected chi connectivity index (χ2v) is 5.82. The van der Waals surface area contributed by atoms with E-state index in [9.17, 15) is 0 Å². The van der Waals surface area contributed by atoms with Gasteiger partial charge in [0.25, 0.3) is 0 Å². The summed E-state index contributed by atoms with van der Waals surface area (Å²) in [4.78, 5) is 4.52. The molecule has 0 aliphatic rings. The van der Waals surface area contributed by atoms with E-state index in [4.69, 9.17) is 5.32 Å². The fraction of sp³-hybridized carbons (Fsp3) is 0.136. The molecule has 0 amide bonds. The first-order chi connectivity index (χ1) is 12.3. The predicted molar refractivity (Wildman–Crippen MR) is 106 cm³/mol. The molecule has 0 radical (unpaired) electrons. The van der Waals surface area contributed by atoms with Crippen molar-refractivity contribution in [2.75, 3.05) is 5.32 Å². The van der Waals surface area contributed by atoms with Gasteiger partial charge in [0.15, 0.2) is 0 Å². The zero-order chi connectivity index (χ0) is 17.5. The number of allylic oxidation sites excluding steroid dienone is 2. The molecular weight excluding hydrogens is 345 g/mol. The van der Waals surface area contributed by atoms with Crippen molar-refractivity contribution in [2.45, 2.75) is 20.3 Å². The van der Waals surface area contributed by atoms with E-state index in [1.54, 1.807) is 6.20 Å². The van der Waals surface area contributed by atoms with E-state index in [0.717, 1.165) is 40.4 Å². The van der Waals surface area contributed by atoms with E-state index >= 15 is 0 Å². The Balaban J connectivity index is 0.00000243. The van der Waals surface area contributed by atoms with Crippen LogP contribution in [0.15, 0.2) is 84.7 Å². The molecule has 0 spiro atoms. The van der Waals surface area contributed by atoms with Gasteiger partial charge in [-0.15, -0.1) is 11.4 Å². The van der Waals surface area contributed by atoms with Gasteiger partial charge in [-0.3, -0.25) is 4.98 Å². The van der Waals surface area contributed by atoms with E-state index in [1.807, 2.05) is 48.5 Å². The summed E-state index contributed by atoms with van der Waals surface area (Å²) in [6.45, 7) is 4.20. The zero-order valence-corrected chi connectivity index (χ0v) is 18.7. The number of anilines is 1. The Morgan fingerprint density at radius 2 is 1.85 bits per heavy atom. The number of hydrogen-bond donors (Lipinski definition) is 1. The molecule has 0 saturated carbocycles. The van der Waals surface area contributed by atoms with E-state index in [-0.39, 0.29) is 51.4 Å². The summed E-state index contributed by atoms with van der Waals surface area (Å²) in [5.74, 6) is 0. The van der Waals surface area contributed by atoms with Gasteiger partial charge in [0, 0.05) is 17.6 Å². The van der Waals surface area contributed by atoms with Crippen LogP contribution in [0.25, 0.3) is 16.6 Å². The van der Waals surface area contributed by atoms with Crippen LogP contribution in [0.1, 0.15) is 20.3 Å². The van der Waals surface area contributed by atoms with Gasteiger partial charge in [0.1, 0.15) is 0 Å². The van der Waals surface area contributed by atoms with Crippen LogP contribution in [-0.2, 0) is 0 Å². The van der Waals surface area contributed by atoms with E-state index in [0.29, 0.717) is 0 Å². The fourth-order valence-electron chi connectivity index (χ4n) is 2.68. The third-order valence-electron chi connectivity index (χ3n) is 3.78. The summed E-state index contributed by atoms with van der Waals surface area (Å²) in [5, 5.41) is 8.21. The summed E-state index contributed by atoms with van der Waals surface area (Å²) in [5.41, 5.74) is 5.91. The number of nitrogens with one attached hydrogen (secondary N) is 1. The molecule has 0 atom stereocenters. The van der Waals surface area contributed by atoms with Crippen LogP contribution >= 0.6 is 0 Å². The maximum Gasteiger partial charge on any atom is 1.00 e. The van der Waals surface area contributed by atoms with Gasteiger partial charge < -0.3 is 10.6 Å².